The van der Waals surface area contributed by atoms with E-state index in [1.54, 1.807) is 0 Å². The largest absolute Gasteiger partial charge is 0.480 e. The molecule has 6 nitrogen and oxygen atoms in total. The van der Waals surface area contributed by atoms with Gasteiger partial charge < -0.3 is 20.5 Å². The maximum absolute atomic E-state index is 11.0. The molecule has 0 aromatic rings. The summed E-state index contributed by atoms with van der Waals surface area (Å²) in [4.78, 5) is 21.2. The van der Waals surface area contributed by atoms with Crippen molar-refractivity contribution >= 4 is 12.0 Å². The van der Waals surface area contributed by atoms with E-state index >= 15 is 0 Å². The SMILES string of the molecule is O=C(O)CNC(=O)NCC1CCCCO1. The number of nitrogens with one attached hydrogen (secondary N) is 2. The number of carbonyl (C=O) groups is 2. The Labute approximate surface area is 88.0 Å². The Morgan fingerprint density at radius 2 is 2.13 bits per heavy atom. The molecular formula is C9H16N2O4. The molecule has 1 heterocycles. The number of hydrogen-bond donors (Lipinski definition) is 3. The van der Waals surface area contributed by atoms with Crippen molar-refractivity contribution in [1.29, 1.82) is 0 Å². The highest BCUT2D eigenvalue weighted by molar-refractivity contribution is 5.79. The molecule has 1 rings (SSSR count). The van der Waals surface area contributed by atoms with Gasteiger partial charge in [0.2, 0.25) is 0 Å². The summed E-state index contributed by atoms with van der Waals surface area (Å²) in [7, 11) is 0. The molecule has 1 fully saturated rings. The summed E-state index contributed by atoms with van der Waals surface area (Å²) in [6, 6.07) is -0.466. The molecule has 15 heavy (non-hydrogen) atoms. The van der Waals surface area contributed by atoms with Crippen molar-refractivity contribution in [2.24, 2.45) is 0 Å². The summed E-state index contributed by atoms with van der Waals surface area (Å²) in [5, 5.41) is 13.1. The predicted octanol–water partition coefficient (Wildman–Crippen LogP) is -0.0607. The van der Waals surface area contributed by atoms with Crippen LogP contribution in [0, 0.1) is 0 Å². The highest BCUT2D eigenvalue weighted by Crippen LogP contribution is 2.11. The van der Waals surface area contributed by atoms with E-state index in [1.807, 2.05) is 0 Å². The Morgan fingerprint density at radius 1 is 1.33 bits per heavy atom. The minimum atomic E-state index is -1.06. The fourth-order valence-electron chi connectivity index (χ4n) is 1.39. The van der Waals surface area contributed by atoms with Crippen molar-refractivity contribution in [3.05, 3.63) is 0 Å². The second-order valence-electron chi connectivity index (χ2n) is 3.45. The topological polar surface area (TPSA) is 87.7 Å². The second kappa shape index (κ2) is 6.23. The molecule has 0 aromatic heterocycles. The van der Waals surface area contributed by atoms with Crippen LogP contribution in [0.15, 0.2) is 0 Å². The Bertz CT molecular complexity index is 226. The normalized spacial score (nSPS) is 20.7. The first-order chi connectivity index (χ1) is 7.18. The van der Waals surface area contributed by atoms with Gasteiger partial charge in [-0.25, -0.2) is 4.79 Å². The van der Waals surface area contributed by atoms with Crippen LogP contribution in [0.5, 0.6) is 0 Å². The molecule has 3 N–H and O–H groups in total. The van der Waals surface area contributed by atoms with Crippen LogP contribution < -0.4 is 10.6 Å². The molecule has 1 unspecified atom stereocenters. The van der Waals surface area contributed by atoms with Gasteiger partial charge in [0, 0.05) is 13.2 Å². The Hall–Kier alpha value is -1.30. The Balaban J connectivity index is 2.07. The van der Waals surface area contributed by atoms with Gasteiger partial charge in [-0.1, -0.05) is 0 Å². The van der Waals surface area contributed by atoms with E-state index in [0.717, 1.165) is 25.9 Å². The van der Waals surface area contributed by atoms with Crippen molar-refractivity contribution in [1.82, 2.24) is 10.6 Å². The zero-order valence-electron chi connectivity index (χ0n) is 8.49. The maximum atomic E-state index is 11.0. The van der Waals surface area contributed by atoms with Crippen LogP contribution in [0.1, 0.15) is 19.3 Å². The predicted molar refractivity (Wildman–Crippen MR) is 52.6 cm³/mol. The molecule has 2 amide bonds. The lowest BCUT2D eigenvalue weighted by molar-refractivity contribution is -0.135. The molecule has 1 aliphatic heterocycles. The van der Waals surface area contributed by atoms with E-state index in [9.17, 15) is 9.59 Å². The van der Waals surface area contributed by atoms with E-state index in [1.165, 1.54) is 0 Å². The number of ether oxygens (including phenoxy) is 1. The summed E-state index contributed by atoms with van der Waals surface area (Å²) in [5.41, 5.74) is 0. The third-order valence-corrected chi connectivity index (χ3v) is 2.16. The first-order valence-electron chi connectivity index (χ1n) is 5.03. The molecule has 0 radical (unpaired) electrons. The molecule has 0 bridgehead atoms. The first kappa shape index (κ1) is 11.8. The van der Waals surface area contributed by atoms with Gasteiger partial charge in [0.1, 0.15) is 6.54 Å². The summed E-state index contributed by atoms with van der Waals surface area (Å²) in [6.45, 7) is 0.811. The lowest BCUT2D eigenvalue weighted by atomic mass is 10.1. The standard InChI is InChI=1S/C9H16N2O4/c12-8(13)6-11-9(14)10-5-7-3-1-2-4-15-7/h7H,1-6H2,(H,12,13)(H2,10,11,14). The minimum absolute atomic E-state index is 0.0642. The fourth-order valence-corrected chi connectivity index (χ4v) is 1.39. The van der Waals surface area contributed by atoms with Gasteiger partial charge in [-0.2, -0.15) is 0 Å². The average molecular weight is 216 g/mol. The van der Waals surface area contributed by atoms with Crippen molar-refractivity contribution in [3.8, 4) is 0 Å². The smallest absolute Gasteiger partial charge is 0.323 e. The molecule has 0 aliphatic carbocycles. The van der Waals surface area contributed by atoms with Gasteiger partial charge in [-0.15, -0.1) is 0 Å². The second-order valence-corrected chi connectivity index (χ2v) is 3.45. The molecule has 1 aliphatic rings. The number of amides is 2. The number of rotatable bonds is 4. The third kappa shape index (κ3) is 5.21. The monoisotopic (exact) mass is 216 g/mol. The van der Waals surface area contributed by atoms with Gasteiger partial charge in [-0.05, 0) is 19.3 Å². The van der Waals surface area contributed by atoms with Crippen LogP contribution in [-0.2, 0) is 9.53 Å². The van der Waals surface area contributed by atoms with E-state index in [4.69, 9.17) is 9.84 Å². The average Bonchev–Trinajstić information content (AvgIpc) is 2.25. The highest BCUT2D eigenvalue weighted by Gasteiger charge is 2.14. The van der Waals surface area contributed by atoms with Gasteiger partial charge in [0.05, 0.1) is 6.10 Å². The van der Waals surface area contributed by atoms with Crippen LogP contribution in [0.2, 0.25) is 0 Å². The maximum Gasteiger partial charge on any atom is 0.323 e. The van der Waals surface area contributed by atoms with Gasteiger partial charge >= 0.3 is 12.0 Å². The first-order valence-corrected chi connectivity index (χ1v) is 5.03. The summed E-state index contributed by atoms with van der Waals surface area (Å²) in [5.74, 6) is -1.06. The summed E-state index contributed by atoms with van der Waals surface area (Å²) >= 11 is 0. The quantitative estimate of drug-likeness (QED) is 0.614. The number of hydrogen-bond acceptors (Lipinski definition) is 3. The Kier molecular flexibility index (Phi) is 4.89. The molecule has 1 saturated heterocycles. The van der Waals surface area contributed by atoms with Crippen molar-refractivity contribution in [3.63, 3.8) is 0 Å². The van der Waals surface area contributed by atoms with E-state index in [2.05, 4.69) is 10.6 Å². The third-order valence-electron chi connectivity index (χ3n) is 2.16. The lowest BCUT2D eigenvalue weighted by Gasteiger charge is -2.22. The highest BCUT2D eigenvalue weighted by atomic mass is 16.5. The van der Waals surface area contributed by atoms with Gasteiger partial charge in [0.25, 0.3) is 0 Å². The molecule has 6 heteroatoms. The molecule has 1 atom stereocenters. The lowest BCUT2D eigenvalue weighted by Crippen LogP contribution is -2.42. The van der Waals surface area contributed by atoms with E-state index in [0.29, 0.717) is 6.54 Å². The molecular weight excluding hydrogens is 200 g/mol. The Morgan fingerprint density at radius 3 is 2.73 bits per heavy atom. The number of urea groups is 1. The van der Waals surface area contributed by atoms with E-state index < -0.39 is 12.0 Å². The van der Waals surface area contributed by atoms with Crippen LogP contribution in [0.4, 0.5) is 4.79 Å². The summed E-state index contributed by atoms with van der Waals surface area (Å²) in [6.07, 6.45) is 3.19. The van der Waals surface area contributed by atoms with Crippen LogP contribution in [0.3, 0.4) is 0 Å². The van der Waals surface area contributed by atoms with Crippen molar-refractivity contribution < 1.29 is 19.4 Å². The van der Waals surface area contributed by atoms with Crippen LogP contribution in [0.25, 0.3) is 0 Å². The van der Waals surface area contributed by atoms with Crippen molar-refractivity contribution in [2.45, 2.75) is 25.4 Å². The van der Waals surface area contributed by atoms with Crippen LogP contribution in [-0.4, -0.2) is 42.9 Å². The van der Waals surface area contributed by atoms with Gasteiger partial charge in [-0.3, -0.25) is 4.79 Å². The molecule has 0 spiro atoms. The number of aliphatic carboxylic acids is 1. The van der Waals surface area contributed by atoms with E-state index in [-0.39, 0.29) is 12.6 Å². The summed E-state index contributed by atoms with van der Waals surface area (Å²) < 4.78 is 5.40. The van der Waals surface area contributed by atoms with Gasteiger partial charge in [0.15, 0.2) is 0 Å². The molecule has 0 aromatic carbocycles. The molecule has 86 valence electrons. The zero-order valence-corrected chi connectivity index (χ0v) is 8.49. The number of carbonyl (C=O) groups excluding carboxylic acids is 1. The fraction of sp³-hybridized carbons (Fsp3) is 0.778. The number of carboxylic acids is 1. The number of carboxylic acid groups (broad SMARTS) is 1. The zero-order chi connectivity index (χ0) is 11.1. The minimum Gasteiger partial charge on any atom is -0.480 e. The van der Waals surface area contributed by atoms with Crippen LogP contribution >= 0.6 is 0 Å². The van der Waals surface area contributed by atoms with Crippen molar-refractivity contribution in [2.75, 3.05) is 19.7 Å². The molecule has 0 saturated carbocycles.